The molecule has 0 aromatic carbocycles. The summed E-state index contributed by atoms with van der Waals surface area (Å²) < 4.78 is 5.38. The molecule has 0 aromatic rings. The van der Waals surface area contributed by atoms with Gasteiger partial charge in [0, 0.05) is 6.42 Å². The number of carbonyl (C=O) groups is 3. The van der Waals surface area contributed by atoms with E-state index in [9.17, 15) is 14.4 Å². The van der Waals surface area contributed by atoms with Gasteiger partial charge in [0.25, 0.3) is 0 Å². The molecule has 1 unspecified atom stereocenters. The van der Waals surface area contributed by atoms with Gasteiger partial charge < -0.3 is 4.74 Å². The van der Waals surface area contributed by atoms with Crippen LogP contribution < -0.4 is 0 Å². The molecule has 0 aliphatic rings. The molecule has 4 nitrogen and oxygen atoms in total. The maximum absolute atomic E-state index is 13.0. The Labute approximate surface area is 273 Å². The third-order valence-electron chi connectivity index (χ3n) is 8.54. The van der Waals surface area contributed by atoms with Crippen molar-refractivity contribution < 1.29 is 19.1 Å². The van der Waals surface area contributed by atoms with Crippen LogP contribution in [0.2, 0.25) is 0 Å². The highest BCUT2D eigenvalue weighted by Crippen LogP contribution is 2.18. The van der Waals surface area contributed by atoms with E-state index >= 15 is 0 Å². The fourth-order valence-corrected chi connectivity index (χ4v) is 5.51. The lowest BCUT2D eigenvalue weighted by molar-refractivity contribution is -0.155. The van der Waals surface area contributed by atoms with Gasteiger partial charge in [0.15, 0.2) is 5.78 Å². The molecule has 0 bridgehead atoms. The number of Topliss-reactive ketones (excluding diaryl/α,β-unsaturated/α-hetero) is 2. The molecule has 44 heavy (non-hydrogen) atoms. The van der Waals surface area contributed by atoms with Crippen LogP contribution in [-0.4, -0.2) is 24.1 Å². The summed E-state index contributed by atoms with van der Waals surface area (Å²) in [6.07, 6.45) is 40.0. The van der Waals surface area contributed by atoms with Gasteiger partial charge in [0.1, 0.15) is 5.92 Å². The van der Waals surface area contributed by atoms with Gasteiger partial charge >= 0.3 is 5.97 Å². The third-order valence-corrected chi connectivity index (χ3v) is 8.54. The third kappa shape index (κ3) is 27.8. The van der Waals surface area contributed by atoms with Gasteiger partial charge in [-0.1, -0.05) is 148 Å². The Morgan fingerprint density at radius 2 is 0.864 bits per heavy atom. The fraction of sp³-hybridized carbons (Fsp3) is 0.825. The van der Waals surface area contributed by atoms with Crippen molar-refractivity contribution in [2.45, 2.75) is 201 Å². The van der Waals surface area contributed by atoms with Crippen LogP contribution in [0.5, 0.6) is 0 Å². The van der Waals surface area contributed by atoms with E-state index in [1.807, 2.05) is 6.92 Å². The van der Waals surface area contributed by atoms with E-state index in [4.69, 9.17) is 4.74 Å². The van der Waals surface area contributed by atoms with Crippen LogP contribution in [-0.2, 0) is 19.1 Å². The molecule has 0 saturated carbocycles. The molecule has 0 radical (unpaired) electrons. The summed E-state index contributed by atoms with van der Waals surface area (Å²) in [5.74, 6) is -2.34. The number of esters is 1. The highest BCUT2D eigenvalue weighted by Gasteiger charge is 2.31. The monoisotopic (exact) mass is 617 g/mol. The van der Waals surface area contributed by atoms with Crippen molar-refractivity contribution in [3.63, 3.8) is 0 Å². The van der Waals surface area contributed by atoms with Crippen LogP contribution in [0, 0.1) is 5.92 Å². The number of unbranched alkanes of at least 4 members (excludes halogenated alkanes) is 21. The molecule has 0 fully saturated rings. The van der Waals surface area contributed by atoms with Gasteiger partial charge in [-0.2, -0.15) is 0 Å². The van der Waals surface area contributed by atoms with Crippen molar-refractivity contribution in [1.29, 1.82) is 0 Å². The first-order valence-corrected chi connectivity index (χ1v) is 19.1. The quantitative estimate of drug-likeness (QED) is 0.0237. The van der Waals surface area contributed by atoms with Crippen LogP contribution in [0.1, 0.15) is 201 Å². The molecule has 0 aliphatic carbocycles. The normalized spacial score (nSPS) is 12.3. The first kappa shape index (κ1) is 42.3. The molecule has 0 aromatic heterocycles. The molecular weight excluding hydrogens is 544 g/mol. The standard InChI is InChI=1S/C40H72O4/c1-4-7-10-12-14-16-18-20-22-24-26-28-30-32-34-37(40(43)44-36-9-6-3)39(42)38(41)35-33-31-29-27-25-23-21-19-17-15-13-11-8-5-2/h20-23,37H,4-19,24-36H2,1-3H3/b22-20-,23-21-. The zero-order valence-electron chi connectivity index (χ0n) is 29.5. The van der Waals surface area contributed by atoms with Crippen molar-refractivity contribution in [1.82, 2.24) is 0 Å². The van der Waals surface area contributed by atoms with Gasteiger partial charge in [-0.05, 0) is 70.6 Å². The molecule has 0 heterocycles. The van der Waals surface area contributed by atoms with E-state index in [0.717, 1.165) is 77.0 Å². The van der Waals surface area contributed by atoms with E-state index < -0.39 is 23.5 Å². The summed E-state index contributed by atoms with van der Waals surface area (Å²) in [7, 11) is 0. The highest BCUT2D eigenvalue weighted by molar-refractivity contribution is 6.41. The number of carbonyl (C=O) groups excluding carboxylic acids is 3. The summed E-state index contributed by atoms with van der Waals surface area (Å²) in [6, 6.07) is 0. The van der Waals surface area contributed by atoms with Gasteiger partial charge in [-0.25, -0.2) is 0 Å². The Morgan fingerprint density at radius 1 is 0.477 bits per heavy atom. The maximum atomic E-state index is 13.0. The number of rotatable bonds is 34. The minimum Gasteiger partial charge on any atom is -0.465 e. The minimum atomic E-state index is -0.923. The Bertz CT molecular complexity index is 723. The Kier molecular flexibility index (Phi) is 32.8. The minimum absolute atomic E-state index is 0.247. The first-order valence-electron chi connectivity index (χ1n) is 19.1. The van der Waals surface area contributed by atoms with E-state index in [-0.39, 0.29) is 6.42 Å². The molecule has 0 saturated heterocycles. The molecule has 256 valence electrons. The van der Waals surface area contributed by atoms with Crippen LogP contribution in [0.15, 0.2) is 24.3 Å². The predicted molar refractivity (Wildman–Crippen MR) is 189 cm³/mol. The van der Waals surface area contributed by atoms with E-state index in [1.54, 1.807) is 0 Å². The smallest absolute Gasteiger partial charge is 0.316 e. The number of hydrogen-bond donors (Lipinski definition) is 0. The highest BCUT2D eigenvalue weighted by atomic mass is 16.5. The summed E-state index contributed by atoms with van der Waals surface area (Å²) in [4.78, 5) is 38.4. The molecule has 4 heteroatoms. The average molecular weight is 617 g/mol. The van der Waals surface area contributed by atoms with E-state index in [0.29, 0.717) is 13.0 Å². The maximum Gasteiger partial charge on any atom is 0.316 e. The molecule has 0 N–H and O–H groups in total. The fourth-order valence-electron chi connectivity index (χ4n) is 5.51. The Hall–Kier alpha value is -1.71. The molecule has 0 aliphatic heterocycles. The Balaban J connectivity index is 4.18. The second kappa shape index (κ2) is 34.2. The van der Waals surface area contributed by atoms with Crippen molar-refractivity contribution in [3.8, 4) is 0 Å². The average Bonchev–Trinajstić information content (AvgIpc) is 3.02. The van der Waals surface area contributed by atoms with Crippen molar-refractivity contribution >= 4 is 17.5 Å². The van der Waals surface area contributed by atoms with Gasteiger partial charge in [0.05, 0.1) is 6.61 Å². The largest absolute Gasteiger partial charge is 0.465 e. The summed E-state index contributed by atoms with van der Waals surface area (Å²) >= 11 is 0. The number of ketones is 2. The summed E-state index contributed by atoms with van der Waals surface area (Å²) in [5.41, 5.74) is 0. The number of allylic oxidation sites excluding steroid dienone is 4. The zero-order chi connectivity index (χ0) is 32.4. The SMILES string of the molecule is CCCCCCCC/C=C\CCCCCCC(=O)C(=O)C(CCCCCC/C=C\CCCCCCCC)C(=O)OCCCC. The van der Waals surface area contributed by atoms with Crippen LogP contribution in [0.25, 0.3) is 0 Å². The number of ether oxygens (including phenoxy) is 1. The van der Waals surface area contributed by atoms with Crippen LogP contribution in [0.3, 0.4) is 0 Å². The van der Waals surface area contributed by atoms with E-state index in [2.05, 4.69) is 38.2 Å². The van der Waals surface area contributed by atoms with Crippen molar-refractivity contribution in [2.75, 3.05) is 6.61 Å². The molecule has 1 atom stereocenters. The van der Waals surface area contributed by atoms with Gasteiger partial charge in [-0.15, -0.1) is 0 Å². The van der Waals surface area contributed by atoms with E-state index in [1.165, 1.54) is 89.9 Å². The summed E-state index contributed by atoms with van der Waals surface area (Å²) in [5, 5.41) is 0. The topological polar surface area (TPSA) is 60.4 Å². The van der Waals surface area contributed by atoms with Crippen LogP contribution >= 0.6 is 0 Å². The van der Waals surface area contributed by atoms with Crippen molar-refractivity contribution in [2.24, 2.45) is 5.92 Å². The second-order valence-electron chi connectivity index (χ2n) is 12.9. The predicted octanol–water partition coefficient (Wildman–Crippen LogP) is 12.4. The zero-order valence-corrected chi connectivity index (χ0v) is 29.5. The second-order valence-corrected chi connectivity index (χ2v) is 12.9. The lowest BCUT2D eigenvalue weighted by Gasteiger charge is -2.14. The molecular formula is C40H72O4. The molecule has 0 spiro atoms. The first-order chi connectivity index (χ1) is 21.6. The lowest BCUT2D eigenvalue weighted by atomic mass is 9.92. The molecule has 0 rings (SSSR count). The summed E-state index contributed by atoms with van der Waals surface area (Å²) in [6.45, 7) is 6.87. The Morgan fingerprint density at radius 3 is 1.32 bits per heavy atom. The lowest BCUT2D eigenvalue weighted by Crippen LogP contribution is -2.32. The van der Waals surface area contributed by atoms with Crippen LogP contribution in [0.4, 0.5) is 0 Å². The number of hydrogen-bond acceptors (Lipinski definition) is 4. The molecule has 0 amide bonds. The van der Waals surface area contributed by atoms with Gasteiger partial charge in [0.2, 0.25) is 5.78 Å². The van der Waals surface area contributed by atoms with Gasteiger partial charge in [-0.3, -0.25) is 14.4 Å². The van der Waals surface area contributed by atoms with Crippen molar-refractivity contribution in [3.05, 3.63) is 24.3 Å².